The van der Waals surface area contributed by atoms with Crippen molar-refractivity contribution in [3.8, 4) is 0 Å². The van der Waals surface area contributed by atoms with E-state index in [-0.39, 0.29) is 0 Å². The van der Waals surface area contributed by atoms with E-state index in [9.17, 15) is 22.7 Å². The Labute approximate surface area is 97.2 Å². The molecular weight excluding hydrogens is 294 g/mol. The van der Waals surface area contributed by atoms with Gasteiger partial charge in [0.2, 0.25) is 0 Å². The zero-order valence-corrected chi connectivity index (χ0v) is 9.66. The van der Waals surface area contributed by atoms with Crippen LogP contribution in [0.4, 0.5) is 17.6 Å². The Morgan fingerprint density at radius 2 is 1.56 bits per heavy atom. The van der Waals surface area contributed by atoms with Crippen LogP contribution in [0, 0.1) is 23.3 Å². The molecular formula is C9H8BrF4NO. The Bertz CT molecular complexity index is 395. The maximum absolute atomic E-state index is 13.4. The Morgan fingerprint density at radius 1 is 1.06 bits per heavy atom. The molecule has 0 spiro atoms. The van der Waals surface area contributed by atoms with Crippen molar-refractivity contribution in [3.05, 3.63) is 33.3 Å². The van der Waals surface area contributed by atoms with Crippen LogP contribution >= 0.6 is 15.9 Å². The summed E-state index contributed by atoms with van der Waals surface area (Å²) in [7, 11) is 0. The van der Waals surface area contributed by atoms with Gasteiger partial charge >= 0.3 is 0 Å². The van der Waals surface area contributed by atoms with Crippen LogP contribution < -0.4 is 5.73 Å². The minimum atomic E-state index is -1.86. The molecule has 0 fully saturated rings. The highest BCUT2D eigenvalue weighted by molar-refractivity contribution is 9.10. The van der Waals surface area contributed by atoms with Gasteiger partial charge in [-0.1, -0.05) is 0 Å². The van der Waals surface area contributed by atoms with Gasteiger partial charge in [-0.15, -0.1) is 0 Å². The van der Waals surface area contributed by atoms with Crippen molar-refractivity contribution in [1.29, 1.82) is 0 Å². The summed E-state index contributed by atoms with van der Waals surface area (Å²) in [5.74, 6) is -6.72. The number of aliphatic hydroxyl groups excluding tert-OH is 1. The molecule has 0 aliphatic carbocycles. The maximum Gasteiger partial charge on any atom is 0.196 e. The SMILES string of the molecule is C[C@@H](N)[C@@H](O)c1c(F)c(F)c(F)c(Br)c1F. The van der Waals surface area contributed by atoms with Gasteiger partial charge in [-0.25, -0.2) is 17.6 Å². The van der Waals surface area contributed by atoms with E-state index in [1.54, 1.807) is 0 Å². The number of nitrogens with two attached hydrogens (primary N) is 1. The Hall–Kier alpha value is -0.660. The average molecular weight is 302 g/mol. The number of aliphatic hydroxyl groups is 1. The van der Waals surface area contributed by atoms with Crippen LogP contribution in [-0.2, 0) is 0 Å². The van der Waals surface area contributed by atoms with Gasteiger partial charge in [0.25, 0.3) is 0 Å². The third-order valence-corrected chi connectivity index (χ3v) is 2.73. The predicted octanol–water partition coefficient (Wildman–Crippen LogP) is 2.39. The highest BCUT2D eigenvalue weighted by Crippen LogP contribution is 2.32. The number of rotatable bonds is 2. The van der Waals surface area contributed by atoms with E-state index in [2.05, 4.69) is 15.9 Å². The molecule has 7 heteroatoms. The number of hydrogen-bond acceptors (Lipinski definition) is 2. The number of benzene rings is 1. The van der Waals surface area contributed by atoms with E-state index in [1.807, 2.05) is 0 Å². The van der Waals surface area contributed by atoms with E-state index < -0.39 is 45.5 Å². The van der Waals surface area contributed by atoms with Gasteiger partial charge in [0.1, 0.15) is 5.82 Å². The first-order chi connectivity index (χ1) is 7.29. The molecule has 0 aliphatic rings. The second kappa shape index (κ2) is 4.68. The lowest BCUT2D eigenvalue weighted by atomic mass is 10.0. The first kappa shape index (κ1) is 13.4. The van der Waals surface area contributed by atoms with Gasteiger partial charge < -0.3 is 10.8 Å². The minimum absolute atomic E-state index is 0.874. The predicted molar refractivity (Wildman–Crippen MR) is 52.6 cm³/mol. The fourth-order valence-electron chi connectivity index (χ4n) is 1.14. The fourth-order valence-corrected chi connectivity index (χ4v) is 1.53. The first-order valence-corrected chi connectivity index (χ1v) is 5.03. The zero-order valence-electron chi connectivity index (χ0n) is 8.07. The standard InChI is InChI=1S/C9H8BrF4NO/c1-2(15)9(16)3-5(11)4(10)7(13)8(14)6(3)12/h2,9,16H,15H2,1H3/t2-,9-/m1/s1. The average Bonchev–Trinajstić information content (AvgIpc) is 2.23. The van der Waals surface area contributed by atoms with Crippen LogP contribution in [0.2, 0.25) is 0 Å². The summed E-state index contributed by atoms with van der Waals surface area (Å²) in [5, 5.41) is 9.38. The van der Waals surface area contributed by atoms with Gasteiger partial charge in [0, 0.05) is 6.04 Å². The number of halogens is 5. The highest BCUT2D eigenvalue weighted by atomic mass is 79.9. The second-order valence-corrected chi connectivity index (χ2v) is 4.08. The van der Waals surface area contributed by atoms with Crippen molar-refractivity contribution in [1.82, 2.24) is 0 Å². The van der Waals surface area contributed by atoms with Crippen molar-refractivity contribution in [2.45, 2.75) is 19.1 Å². The van der Waals surface area contributed by atoms with Crippen LogP contribution in [0.15, 0.2) is 4.47 Å². The minimum Gasteiger partial charge on any atom is -0.387 e. The molecule has 0 aromatic heterocycles. The molecule has 90 valence electrons. The quantitative estimate of drug-likeness (QED) is 0.500. The largest absolute Gasteiger partial charge is 0.387 e. The summed E-state index contributed by atoms with van der Waals surface area (Å²) in [6, 6.07) is -1.03. The fraction of sp³-hybridized carbons (Fsp3) is 0.333. The van der Waals surface area contributed by atoms with Crippen LogP contribution in [0.1, 0.15) is 18.6 Å². The van der Waals surface area contributed by atoms with Crippen molar-refractivity contribution < 1.29 is 22.7 Å². The molecule has 1 rings (SSSR count). The molecule has 0 aliphatic heterocycles. The molecule has 0 amide bonds. The van der Waals surface area contributed by atoms with Gasteiger partial charge in [-0.3, -0.25) is 0 Å². The Morgan fingerprint density at radius 3 is 2.00 bits per heavy atom. The normalized spacial score (nSPS) is 15.0. The van der Waals surface area contributed by atoms with E-state index in [4.69, 9.17) is 5.73 Å². The monoisotopic (exact) mass is 301 g/mol. The lowest BCUT2D eigenvalue weighted by Crippen LogP contribution is -2.27. The van der Waals surface area contributed by atoms with Crippen molar-refractivity contribution >= 4 is 15.9 Å². The van der Waals surface area contributed by atoms with Gasteiger partial charge in [0.05, 0.1) is 16.1 Å². The lowest BCUT2D eigenvalue weighted by Gasteiger charge is -2.17. The molecule has 3 N–H and O–H groups in total. The molecule has 0 saturated heterocycles. The van der Waals surface area contributed by atoms with Crippen LogP contribution in [0.5, 0.6) is 0 Å². The second-order valence-electron chi connectivity index (χ2n) is 3.29. The summed E-state index contributed by atoms with van der Waals surface area (Å²) in [4.78, 5) is 0. The van der Waals surface area contributed by atoms with E-state index in [0.717, 1.165) is 0 Å². The Kier molecular flexibility index (Phi) is 3.92. The van der Waals surface area contributed by atoms with E-state index in [0.29, 0.717) is 0 Å². The summed E-state index contributed by atoms with van der Waals surface area (Å²) in [5.41, 5.74) is 4.24. The maximum atomic E-state index is 13.4. The van der Waals surface area contributed by atoms with Gasteiger partial charge in [0.15, 0.2) is 17.5 Å². The molecule has 1 aromatic carbocycles. The van der Waals surface area contributed by atoms with Crippen LogP contribution in [0.25, 0.3) is 0 Å². The lowest BCUT2D eigenvalue weighted by molar-refractivity contribution is 0.142. The van der Waals surface area contributed by atoms with Crippen molar-refractivity contribution in [3.63, 3.8) is 0 Å². The molecule has 2 nitrogen and oxygen atoms in total. The van der Waals surface area contributed by atoms with Crippen molar-refractivity contribution in [2.24, 2.45) is 5.73 Å². The van der Waals surface area contributed by atoms with E-state index in [1.165, 1.54) is 6.92 Å². The summed E-state index contributed by atoms with van der Waals surface area (Å²) in [6.45, 7) is 1.28. The third-order valence-electron chi connectivity index (χ3n) is 2.04. The van der Waals surface area contributed by atoms with Crippen molar-refractivity contribution in [2.75, 3.05) is 0 Å². The molecule has 0 saturated carbocycles. The molecule has 0 bridgehead atoms. The highest BCUT2D eigenvalue weighted by Gasteiger charge is 2.29. The van der Waals surface area contributed by atoms with E-state index >= 15 is 0 Å². The molecule has 0 radical (unpaired) electrons. The molecule has 16 heavy (non-hydrogen) atoms. The zero-order chi connectivity index (χ0) is 12.6. The molecule has 0 unspecified atom stereocenters. The molecule has 2 atom stereocenters. The molecule has 0 heterocycles. The van der Waals surface area contributed by atoms with Crippen LogP contribution in [-0.4, -0.2) is 11.1 Å². The van der Waals surface area contributed by atoms with Crippen LogP contribution in [0.3, 0.4) is 0 Å². The van der Waals surface area contributed by atoms with Gasteiger partial charge in [-0.05, 0) is 22.9 Å². The van der Waals surface area contributed by atoms with Gasteiger partial charge in [-0.2, -0.15) is 0 Å². The summed E-state index contributed by atoms with van der Waals surface area (Å²) < 4.78 is 51.6. The first-order valence-electron chi connectivity index (χ1n) is 4.24. The smallest absolute Gasteiger partial charge is 0.196 e. The summed E-state index contributed by atoms with van der Waals surface area (Å²) in [6.07, 6.45) is -1.76. The molecule has 1 aromatic rings. The number of hydrogen-bond donors (Lipinski definition) is 2. The third kappa shape index (κ3) is 2.07. The topological polar surface area (TPSA) is 46.2 Å². The Balaban J connectivity index is 3.51. The summed E-state index contributed by atoms with van der Waals surface area (Å²) >= 11 is 2.42.